The van der Waals surface area contributed by atoms with E-state index in [1.54, 1.807) is 4.57 Å². The third-order valence-electron chi connectivity index (χ3n) is 3.98. The molecule has 0 bridgehead atoms. The van der Waals surface area contributed by atoms with Gasteiger partial charge in [0, 0.05) is 13.1 Å². The fourth-order valence-corrected chi connectivity index (χ4v) is 4.71. The second-order valence-electron chi connectivity index (χ2n) is 5.29. The van der Waals surface area contributed by atoms with Crippen LogP contribution in [0.5, 0.6) is 0 Å². The van der Waals surface area contributed by atoms with Crippen molar-refractivity contribution in [3.05, 3.63) is 5.69 Å². The van der Waals surface area contributed by atoms with E-state index >= 15 is 0 Å². The second-order valence-corrected chi connectivity index (χ2v) is 7.69. The quantitative estimate of drug-likeness (QED) is 0.900. The SMILES string of the molecule is CCn1nc(C)c2nc(N)n(CC3CCCS3(=O)=O)c21. The van der Waals surface area contributed by atoms with E-state index in [9.17, 15) is 8.42 Å². The van der Waals surface area contributed by atoms with Gasteiger partial charge in [0.05, 0.1) is 16.7 Å². The average Bonchev–Trinajstić information content (AvgIpc) is 2.98. The smallest absolute Gasteiger partial charge is 0.202 e. The first-order valence-corrected chi connectivity index (χ1v) is 8.56. The Balaban J connectivity index is 2.09. The lowest BCUT2D eigenvalue weighted by molar-refractivity contribution is 0.564. The fraction of sp³-hybridized carbons (Fsp3) is 0.667. The van der Waals surface area contributed by atoms with Crippen LogP contribution in [-0.4, -0.2) is 38.8 Å². The van der Waals surface area contributed by atoms with Crippen LogP contribution in [0, 0.1) is 6.92 Å². The number of hydrogen-bond acceptors (Lipinski definition) is 5. The van der Waals surface area contributed by atoms with Gasteiger partial charge in [-0.3, -0.25) is 4.57 Å². The molecule has 1 fully saturated rings. The Morgan fingerprint density at radius 3 is 2.80 bits per heavy atom. The summed E-state index contributed by atoms with van der Waals surface area (Å²) >= 11 is 0. The largest absolute Gasteiger partial charge is 0.369 e. The number of rotatable bonds is 3. The van der Waals surface area contributed by atoms with Crippen LogP contribution in [0.4, 0.5) is 5.95 Å². The molecule has 2 N–H and O–H groups in total. The number of anilines is 1. The molecule has 0 spiro atoms. The highest BCUT2D eigenvalue weighted by atomic mass is 32.2. The van der Waals surface area contributed by atoms with Crippen LogP contribution in [0.3, 0.4) is 0 Å². The summed E-state index contributed by atoms with van der Waals surface area (Å²) in [5.74, 6) is 0.645. The molecule has 0 radical (unpaired) electrons. The third-order valence-corrected chi connectivity index (χ3v) is 6.24. The molecule has 110 valence electrons. The van der Waals surface area contributed by atoms with E-state index in [4.69, 9.17) is 5.73 Å². The zero-order chi connectivity index (χ0) is 14.5. The average molecular weight is 297 g/mol. The minimum atomic E-state index is -3.00. The number of hydrogen-bond donors (Lipinski definition) is 1. The van der Waals surface area contributed by atoms with Crippen molar-refractivity contribution in [1.82, 2.24) is 19.3 Å². The van der Waals surface area contributed by atoms with Crippen molar-refractivity contribution in [2.45, 2.75) is 45.0 Å². The normalized spacial score (nSPS) is 21.8. The monoisotopic (exact) mass is 297 g/mol. The molecule has 3 rings (SSSR count). The Hall–Kier alpha value is -1.57. The number of aromatic nitrogens is 4. The van der Waals surface area contributed by atoms with E-state index in [2.05, 4.69) is 10.1 Å². The van der Waals surface area contributed by atoms with Gasteiger partial charge in [-0.15, -0.1) is 0 Å². The highest BCUT2D eigenvalue weighted by molar-refractivity contribution is 7.92. The van der Waals surface area contributed by atoms with Gasteiger partial charge >= 0.3 is 0 Å². The Bertz CT molecular complexity index is 758. The number of aryl methyl sites for hydroxylation is 2. The van der Waals surface area contributed by atoms with E-state index in [-0.39, 0.29) is 11.0 Å². The summed E-state index contributed by atoms with van der Waals surface area (Å²) in [6.45, 7) is 4.95. The van der Waals surface area contributed by atoms with Gasteiger partial charge in [-0.1, -0.05) is 0 Å². The van der Waals surface area contributed by atoms with E-state index < -0.39 is 9.84 Å². The maximum absolute atomic E-state index is 12.0. The van der Waals surface area contributed by atoms with Crippen LogP contribution in [0.25, 0.3) is 11.2 Å². The molecule has 1 unspecified atom stereocenters. The molecule has 1 atom stereocenters. The molecule has 0 saturated carbocycles. The molecule has 20 heavy (non-hydrogen) atoms. The maximum atomic E-state index is 12.0. The van der Waals surface area contributed by atoms with Gasteiger partial charge in [-0.25, -0.2) is 18.1 Å². The van der Waals surface area contributed by atoms with Crippen molar-refractivity contribution >= 4 is 26.9 Å². The van der Waals surface area contributed by atoms with Crippen molar-refractivity contribution < 1.29 is 8.42 Å². The van der Waals surface area contributed by atoms with Gasteiger partial charge in [-0.2, -0.15) is 5.10 Å². The fourth-order valence-electron chi connectivity index (χ4n) is 2.91. The summed E-state index contributed by atoms with van der Waals surface area (Å²) in [4.78, 5) is 4.33. The van der Waals surface area contributed by atoms with Gasteiger partial charge < -0.3 is 5.73 Å². The first-order valence-electron chi connectivity index (χ1n) is 6.84. The van der Waals surface area contributed by atoms with Crippen molar-refractivity contribution in [3.8, 4) is 0 Å². The summed E-state index contributed by atoms with van der Waals surface area (Å²) in [5.41, 5.74) is 8.38. The van der Waals surface area contributed by atoms with Gasteiger partial charge in [0.15, 0.2) is 15.5 Å². The molecule has 8 heteroatoms. The molecular weight excluding hydrogens is 278 g/mol. The first-order chi connectivity index (χ1) is 9.44. The maximum Gasteiger partial charge on any atom is 0.202 e. The molecular formula is C12H19N5O2S. The predicted molar refractivity (Wildman–Crippen MR) is 77.2 cm³/mol. The van der Waals surface area contributed by atoms with Crippen molar-refractivity contribution in [1.29, 1.82) is 0 Å². The molecule has 2 aromatic heterocycles. The van der Waals surface area contributed by atoms with Crippen LogP contribution in [0.1, 0.15) is 25.5 Å². The molecule has 3 heterocycles. The molecule has 1 saturated heterocycles. The standard InChI is InChI=1S/C12H19N5O2S/c1-3-17-11-10(8(2)15-17)14-12(13)16(11)7-9-5-4-6-20(9,18)19/h9H,3-7H2,1-2H3,(H2,13,14). The summed E-state index contributed by atoms with van der Waals surface area (Å²) in [7, 11) is -3.00. The van der Waals surface area contributed by atoms with Gasteiger partial charge in [0.2, 0.25) is 5.95 Å². The number of nitrogen functional groups attached to an aromatic ring is 1. The highest BCUT2D eigenvalue weighted by Gasteiger charge is 2.33. The van der Waals surface area contributed by atoms with Crippen molar-refractivity contribution in [2.75, 3.05) is 11.5 Å². The van der Waals surface area contributed by atoms with Gasteiger partial charge in [0.1, 0.15) is 5.52 Å². The van der Waals surface area contributed by atoms with Crippen LogP contribution in [-0.2, 0) is 22.9 Å². The van der Waals surface area contributed by atoms with Crippen LogP contribution in [0.2, 0.25) is 0 Å². The van der Waals surface area contributed by atoms with E-state index in [1.165, 1.54) is 0 Å². The molecule has 7 nitrogen and oxygen atoms in total. The zero-order valence-corrected chi connectivity index (χ0v) is 12.5. The summed E-state index contributed by atoms with van der Waals surface area (Å²) in [6.07, 6.45) is 1.43. The van der Waals surface area contributed by atoms with Crippen molar-refractivity contribution in [3.63, 3.8) is 0 Å². The topological polar surface area (TPSA) is 95.8 Å². The number of fused-ring (bicyclic) bond motifs is 1. The third kappa shape index (κ3) is 1.90. The molecule has 0 amide bonds. The number of nitrogens with zero attached hydrogens (tertiary/aromatic N) is 4. The van der Waals surface area contributed by atoms with Crippen LogP contribution >= 0.6 is 0 Å². The molecule has 1 aliphatic heterocycles. The van der Waals surface area contributed by atoms with E-state index in [0.29, 0.717) is 25.5 Å². The minimum absolute atomic E-state index is 0.279. The van der Waals surface area contributed by atoms with E-state index in [0.717, 1.165) is 23.3 Å². The van der Waals surface area contributed by atoms with E-state index in [1.807, 2.05) is 18.5 Å². The van der Waals surface area contributed by atoms with Gasteiger partial charge in [-0.05, 0) is 26.7 Å². The Morgan fingerprint density at radius 1 is 1.45 bits per heavy atom. The lowest BCUT2D eigenvalue weighted by Crippen LogP contribution is -2.23. The molecule has 2 aromatic rings. The summed E-state index contributed by atoms with van der Waals surface area (Å²) in [5, 5.41) is 4.05. The van der Waals surface area contributed by atoms with Gasteiger partial charge in [0.25, 0.3) is 0 Å². The molecule has 1 aliphatic rings. The lowest BCUT2D eigenvalue weighted by Gasteiger charge is -2.13. The Morgan fingerprint density at radius 2 is 2.20 bits per heavy atom. The Kier molecular flexibility index (Phi) is 3.00. The Labute approximate surface area is 117 Å². The first kappa shape index (κ1) is 13.4. The number of imidazole rings is 1. The summed E-state index contributed by atoms with van der Waals surface area (Å²) < 4.78 is 27.6. The minimum Gasteiger partial charge on any atom is -0.369 e. The molecule has 0 aliphatic carbocycles. The van der Waals surface area contributed by atoms with Crippen molar-refractivity contribution in [2.24, 2.45) is 0 Å². The number of nitrogens with two attached hydrogens (primary N) is 1. The molecule has 0 aromatic carbocycles. The second kappa shape index (κ2) is 4.47. The van der Waals surface area contributed by atoms with Crippen LogP contribution < -0.4 is 5.73 Å². The number of sulfone groups is 1. The summed E-state index contributed by atoms with van der Waals surface area (Å²) in [6, 6.07) is 0. The van der Waals surface area contributed by atoms with Crippen LogP contribution in [0.15, 0.2) is 0 Å². The lowest BCUT2D eigenvalue weighted by atomic mass is 10.2. The highest BCUT2D eigenvalue weighted by Crippen LogP contribution is 2.26. The predicted octanol–water partition coefficient (Wildman–Crippen LogP) is 0.721. The zero-order valence-electron chi connectivity index (χ0n) is 11.7.